The summed E-state index contributed by atoms with van der Waals surface area (Å²) in [7, 11) is 0. The number of amides is 1. The van der Waals surface area contributed by atoms with Crippen LogP contribution in [0.2, 0.25) is 0 Å². The molecular formula is C14H10BrFN2O3. The highest BCUT2D eigenvalue weighted by atomic mass is 79.9. The van der Waals surface area contributed by atoms with Gasteiger partial charge in [0.15, 0.2) is 0 Å². The number of carbonyl (C=O) groups is 2. The minimum atomic E-state index is -1.06. The molecule has 0 spiro atoms. The number of hydrogen-bond acceptors (Lipinski definition) is 3. The van der Waals surface area contributed by atoms with Crippen LogP contribution in [0.1, 0.15) is 26.4 Å². The van der Waals surface area contributed by atoms with E-state index in [4.69, 9.17) is 5.11 Å². The van der Waals surface area contributed by atoms with Gasteiger partial charge in [0.05, 0.1) is 22.3 Å². The Bertz CT molecular complexity index is 706. The number of hydrogen-bond donors (Lipinski definition) is 2. The van der Waals surface area contributed by atoms with Gasteiger partial charge in [-0.1, -0.05) is 0 Å². The normalized spacial score (nSPS) is 10.2. The van der Waals surface area contributed by atoms with E-state index in [1.54, 1.807) is 0 Å². The van der Waals surface area contributed by atoms with Gasteiger partial charge >= 0.3 is 5.97 Å². The van der Waals surface area contributed by atoms with E-state index in [2.05, 4.69) is 26.2 Å². The first-order chi connectivity index (χ1) is 9.97. The van der Waals surface area contributed by atoms with Gasteiger partial charge in [-0.25, -0.2) is 9.18 Å². The van der Waals surface area contributed by atoms with Crippen LogP contribution in [0.15, 0.2) is 41.0 Å². The monoisotopic (exact) mass is 352 g/mol. The van der Waals surface area contributed by atoms with Crippen molar-refractivity contribution in [3.05, 3.63) is 63.6 Å². The number of nitrogens with zero attached hydrogens (tertiary/aromatic N) is 1. The first kappa shape index (κ1) is 15.1. The predicted octanol–water partition coefficient (Wildman–Crippen LogP) is 2.61. The molecule has 108 valence electrons. The molecule has 2 aromatic rings. The lowest BCUT2D eigenvalue weighted by Crippen LogP contribution is -2.23. The van der Waals surface area contributed by atoms with E-state index >= 15 is 0 Å². The number of carboxylic acid groups (broad SMARTS) is 1. The molecule has 2 rings (SSSR count). The highest BCUT2D eigenvalue weighted by molar-refractivity contribution is 9.10. The molecule has 1 amide bonds. The van der Waals surface area contributed by atoms with Crippen LogP contribution in [0, 0.1) is 5.82 Å². The third kappa shape index (κ3) is 3.85. The maximum atomic E-state index is 13.1. The molecule has 0 atom stereocenters. The summed E-state index contributed by atoms with van der Waals surface area (Å²) >= 11 is 3.00. The van der Waals surface area contributed by atoms with Crippen molar-refractivity contribution in [1.29, 1.82) is 0 Å². The molecule has 2 N–H and O–H groups in total. The summed E-state index contributed by atoms with van der Waals surface area (Å²) in [5.74, 6) is -1.92. The zero-order valence-electron chi connectivity index (χ0n) is 10.6. The molecule has 0 bridgehead atoms. The van der Waals surface area contributed by atoms with Crippen molar-refractivity contribution >= 4 is 27.8 Å². The zero-order valence-corrected chi connectivity index (χ0v) is 12.2. The Morgan fingerprint density at radius 1 is 1.24 bits per heavy atom. The Morgan fingerprint density at radius 3 is 2.67 bits per heavy atom. The summed E-state index contributed by atoms with van der Waals surface area (Å²) in [6.07, 6.45) is 1.36. The Balaban J connectivity index is 2.05. The molecule has 0 aliphatic carbocycles. The number of nitrogens with one attached hydrogen (secondary N) is 1. The molecule has 0 aliphatic heterocycles. The number of rotatable bonds is 4. The average molecular weight is 353 g/mol. The van der Waals surface area contributed by atoms with Gasteiger partial charge in [-0.3, -0.25) is 9.78 Å². The van der Waals surface area contributed by atoms with E-state index < -0.39 is 17.7 Å². The first-order valence-corrected chi connectivity index (χ1v) is 6.68. The van der Waals surface area contributed by atoms with Crippen molar-refractivity contribution in [2.24, 2.45) is 0 Å². The van der Waals surface area contributed by atoms with Gasteiger partial charge in [0.1, 0.15) is 5.82 Å². The number of carboxylic acids is 1. The van der Waals surface area contributed by atoms with Crippen LogP contribution >= 0.6 is 15.9 Å². The topological polar surface area (TPSA) is 79.3 Å². The summed E-state index contributed by atoms with van der Waals surface area (Å²) in [6, 6.07) is 6.65. The lowest BCUT2D eigenvalue weighted by Gasteiger charge is -2.06. The van der Waals surface area contributed by atoms with Crippen molar-refractivity contribution in [3.8, 4) is 0 Å². The van der Waals surface area contributed by atoms with E-state index in [0.29, 0.717) is 5.69 Å². The third-order valence-electron chi connectivity index (χ3n) is 2.68. The van der Waals surface area contributed by atoms with Crippen LogP contribution in [0.4, 0.5) is 4.39 Å². The average Bonchev–Trinajstić information content (AvgIpc) is 2.48. The molecule has 0 aliphatic rings. The van der Waals surface area contributed by atoms with Crippen molar-refractivity contribution in [3.63, 3.8) is 0 Å². The van der Waals surface area contributed by atoms with Gasteiger partial charge in [0, 0.05) is 11.8 Å². The fraction of sp³-hybridized carbons (Fsp3) is 0.0714. The van der Waals surface area contributed by atoms with E-state index in [9.17, 15) is 14.0 Å². The fourth-order valence-corrected chi connectivity index (χ4v) is 2.00. The Kier molecular flexibility index (Phi) is 4.64. The second-order valence-corrected chi connectivity index (χ2v) is 5.01. The summed E-state index contributed by atoms with van der Waals surface area (Å²) < 4.78 is 13.3. The summed E-state index contributed by atoms with van der Waals surface area (Å²) in [5, 5.41) is 11.5. The molecule has 0 saturated heterocycles. The van der Waals surface area contributed by atoms with Gasteiger partial charge in [-0.2, -0.15) is 0 Å². The molecular weight excluding hydrogens is 343 g/mol. The Morgan fingerprint density at radius 2 is 2.00 bits per heavy atom. The van der Waals surface area contributed by atoms with Crippen molar-refractivity contribution in [2.45, 2.75) is 6.54 Å². The van der Waals surface area contributed by atoms with Gasteiger partial charge in [-0.15, -0.1) is 0 Å². The van der Waals surface area contributed by atoms with Crippen LogP contribution in [0.3, 0.4) is 0 Å². The van der Waals surface area contributed by atoms with Crippen LogP contribution in [0.25, 0.3) is 0 Å². The summed E-state index contributed by atoms with van der Waals surface area (Å²) in [6.45, 7) is 0.0783. The number of halogens is 2. The maximum Gasteiger partial charge on any atom is 0.335 e. The van der Waals surface area contributed by atoms with Crippen LogP contribution < -0.4 is 5.32 Å². The van der Waals surface area contributed by atoms with Gasteiger partial charge < -0.3 is 10.4 Å². The van der Waals surface area contributed by atoms with Crippen LogP contribution in [-0.4, -0.2) is 22.0 Å². The molecule has 0 radical (unpaired) electrons. The van der Waals surface area contributed by atoms with Gasteiger partial charge in [0.25, 0.3) is 5.91 Å². The van der Waals surface area contributed by atoms with Gasteiger partial charge in [0.2, 0.25) is 0 Å². The van der Waals surface area contributed by atoms with Crippen LogP contribution in [0.5, 0.6) is 0 Å². The molecule has 1 aromatic heterocycles. The van der Waals surface area contributed by atoms with E-state index in [-0.39, 0.29) is 22.1 Å². The van der Waals surface area contributed by atoms with Crippen LogP contribution in [-0.2, 0) is 6.54 Å². The predicted molar refractivity (Wildman–Crippen MR) is 76.5 cm³/mol. The smallest absolute Gasteiger partial charge is 0.335 e. The van der Waals surface area contributed by atoms with E-state index in [0.717, 1.165) is 0 Å². The quantitative estimate of drug-likeness (QED) is 0.886. The number of aromatic nitrogens is 1. The molecule has 1 aromatic carbocycles. The molecule has 0 saturated carbocycles. The Hall–Kier alpha value is -2.28. The molecule has 7 heteroatoms. The maximum absolute atomic E-state index is 13.1. The first-order valence-electron chi connectivity index (χ1n) is 5.89. The largest absolute Gasteiger partial charge is 0.478 e. The minimum absolute atomic E-state index is 0.0783. The minimum Gasteiger partial charge on any atom is -0.478 e. The number of pyridine rings is 1. The number of aromatic carboxylic acids is 1. The molecule has 5 nitrogen and oxygen atoms in total. The summed E-state index contributed by atoms with van der Waals surface area (Å²) in [5.41, 5.74) is 0.806. The SMILES string of the molecule is O=C(O)c1ccnc(CNC(=O)c2ccc(F)c(Br)c2)c1. The number of carbonyl (C=O) groups excluding carboxylic acids is 1. The lowest BCUT2D eigenvalue weighted by atomic mass is 10.2. The molecule has 0 unspecified atom stereocenters. The highest BCUT2D eigenvalue weighted by Crippen LogP contribution is 2.16. The van der Waals surface area contributed by atoms with Crippen molar-refractivity contribution in [2.75, 3.05) is 0 Å². The Labute approximate surface area is 128 Å². The van der Waals surface area contributed by atoms with E-state index in [1.807, 2.05) is 0 Å². The second-order valence-electron chi connectivity index (χ2n) is 4.15. The number of benzene rings is 1. The fourth-order valence-electron chi connectivity index (χ4n) is 1.62. The molecule has 0 fully saturated rings. The van der Waals surface area contributed by atoms with E-state index in [1.165, 1.54) is 36.5 Å². The molecule has 1 heterocycles. The second kappa shape index (κ2) is 6.45. The molecule has 21 heavy (non-hydrogen) atoms. The lowest BCUT2D eigenvalue weighted by molar-refractivity contribution is 0.0696. The summed E-state index contributed by atoms with van der Waals surface area (Å²) in [4.78, 5) is 26.7. The third-order valence-corrected chi connectivity index (χ3v) is 3.28. The van der Waals surface area contributed by atoms with Crippen molar-refractivity contribution < 1.29 is 19.1 Å². The highest BCUT2D eigenvalue weighted by Gasteiger charge is 2.09. The van der Waals surface area contributed by atoms with Crippen molar-refractivity contribution in [1.82, 2.24) is 10.3 Å². The zero-order chi connectivity index (χ0) is 15.4. The standard InChI is InChI=1S/C14H10BrFN2O3/c15-11-6-8(1-2-12(11)16)13(19)18-7-10-5-9(14(20)21)3-4-17-10/h1-6H,7H2,(H,18,19)(H,20,21). The van der Waals surface area contributed by atoms with Gasteiger partial charge in [-0.05, 0) is 46.3 Å².